The van der Waals surface area contributed by atoms with Crippen LogP contribution in [0.3, 0.4) is 0 Å². The maximum absolute atomic E-state index is 9.66. The van der Waals surface area contributed by atoms with E-state index < -0.39 is 5.60 Å². The standard InChI is InChI=1S/C9H16ClN3O/c1-7-8(10)5-13(12-7)4-3-9(2,14)6-11/h5,14H,3-4,6,11H2,1-2H3. The van der Waals surface area contributed by atoms with E-state index in [1.807, 2.05) is 6.92 Å². The maximum atomic E-state index is 9.66. The van der Waals surface area contributed by atoms with E-state index in [4.69, 9.17) is 17.3 Å². The molecule has 1 unspecified atom stereocenters. The first-order valence-corrected chi connectivity index (χ1v) is 4.94. The van der Waals surface area contributed by atoms with Gasteiger partial charge < -0.3 is 10.8 Å². The van der Waals surface area contributed by atoms with Crippen LogP contribution in [-0.2, 0) is 6.54 Å². The van der Waals surface area contributed by atoms with Crippen LogP contribution in [0, 0.1) is 6.92 Å². The molecule has 1 aromatic heterocycles. The molecule has 3 N–H and O–H groups in total. The van der Waals surface area contributed by atoms with Crippen LogP contribution in [0.15, 0.2) is 6.20 Å². The lowest BCUT2D eigenvalue weighted by atomic mass is 10.0. The Labute approximate surface area is 88.7 Å². The van der Waals surface area contributed by atoms with Crippen molar-refractivity contribution in [2.24, 2.45) is 5.73 Å². The smallest absolute Gasteiger partial charge is 0.0814 e. The highest BCUT2D eigenvalue weighted by Gasteiger charge is 2.17. The third-order valence-electron chi connectivity index (χ3n) is 2.21. The topological polar surface area (TPSA) is 64.1 Å². The Balaban J connectivity index is 2.54. The Morgan fingerprint density at radius 3 is 2.79 bits per heavy atom. The second kappa shape index (κ2) is 4.29. The van der Waals surface area contributed by atoms with Gasteiger partial charge in [0.25, 0.3) is 0 Å². The Kier molecular flexibility index (Phi) is 3.53. The molecule has 0 spiro atoms. The summed E-state index contributed by atoms with van der Waals surface area (Å²) in [5.41, 5.74) is 5.38. The summed E-state index contributed by atoms with van der Waals surface area (Å²) < 4.78 is 1.72. The highest BCUT2D eigenvalue weighted by Crippen LogP contribution is 2.14. The first-order chi connectivity index (χ1) is 6.44. The van der Waals surface area contributed by atoms with Crippen LogP contribution < -0.4 is 5.73 Å². The van der Waals surface area contributed by atoms with Gasteiger partial charge in [-0.3, -0.25) is 4.68 Å². The number of aliphatic hydroxyl groups is 1. The Morgan fingerprint density at radius 1 is 1.71 bits per heavy atom. The summed E-state index contributed by atoms with van der Waals surface area (Å²) in [5.74, 6) is 0. The predicted molar refractivity (Wildman–Crippen MR) is 56.3 cm³/mol. The van der Waals surface area contributed by atoms with Gasteiger partial charge in [0.05, 0.1) is 16.3 Å². The second-order valence-corrected chi connectivity index (χ2v) is 4.18. The second-order valence-electron chi connectivity index (χ2n) is 3.78. The van der Waals surface area contributed by atoms with Crippen LogP contribution in [-0.4, -0.2) is 27.0 Å². The van der Waals surface area contributed by atoms with Gasteiger partial charge in [-0.2, -0.15) is 5.10 Å². The van der Waals surface area contributed by atoms with E-state index in [9.17, 15) is 5.11 Å². The van der Waals surface area contributed by atoms with Crippen LogP contribution in [0.1, 0.15) is 19.0 Å². The molecule has 0 aliphatic rings. The molecule has 0 aliphatic carbocycles. The van der Waals surface area contributed by atoms with Crippen molar-refractivity contribution in [3.8, 4) is 0 Å². The minimum Gasteiger partial charge on any atom is -0.389 e. The van der Waals surface area contributed by atoms with E-state index >= 15 is 0 Å². The molecule has 4 nitrogen and oxygen atoms in total. The molecule has 0 aliphatic heterocycles. The van der Waals surface area contributed by atoms with Crippen molar-refractivity contribution in [3.63, 3.8) is 0 Å². The summed E-state index contributed by atoms with van der Waals surface area (Å²) in [6.07, 6.45) is 2.32. The number of rotatable bonds is 4. The lowest BCUT2D eigenvalue weighted by molar-refractivity contribution is 0.0543. The van der Waals surface area contributed by atoms with Crippen molar-refractivity contribution in [2.75, 3.05) is 6.54 Å². The van der Waals surface area contributed by atoms with Crippen LogP contribution in [0.2, 0.25) is 5.02 Å². The summed E-state index contributed by atoms with van der Waals surface area (Å²) in [6, 6.07) is 0. The van der Waals surface area contributed by atoms with Crippen molar-refractivity contribution < 1.29 is 5.11 Å². The molecule has 1 rings (SSSR count). The van der Waals surface area contributed by atoms with Gasteiger partial charge in [-0.1, -0.05) is 11.6 Å². The number of hydrogen-bond donors (Lipinski definition) is 2. The van der Waals surface area contributed by atoms with E-state index in [-0.39, 0.29) is 6.54 Å². The molecule has 1 heterocycles. The number of halogens is 1. The first-order valence-electron chi connectivity index (χ1n) is 4.56. The number of nitrogens with zero attached hydrogens (tertiary/aromatic N) is 2. The predicted octanol–water partition coefficient (Wildman–Crippen LogP) is 0.945. The number of aromatic nitrogens is 2. The van der Waals surface area contributed by atoms with Crippen LogP contribution in [0.5, 0.6) is 0 Å². The minimum atomic E-state index is -0.827. The minimum absolute atomic E-state index is 0.251. The van der Waals surface area contributed by atoms with Gasteiger partial charge in [-0.15, -0.1) is 0 Å². The van der Waals surface area contributed by atoms with Gasteiger partial charge in [-0.25, -0.2) is 0 Å². The first kappa shape index (κ1) is 11.5. The van der Waals surface area contributed by atoms with Crippen molar-refractivity contribution in [2.45, 2.75) is 32.4 Å². The molecule has 5 heteroatoms. The molecular weight excluding hydrogens is 202 g/mol. The van der Waals surface area contributed by atoms with E-state index in [2.05, 4.69) is 5.10 Å². The zero-order chi connectivity index (χ0) is 10.8. The van der Waals surface area contributed by atoms with Gasteiger partial charge in [-0.05, 0) is 20.3 Å². The zero-order valence-corrected chi connectivity index (χ0v) is 9.25. The largest absolute Gasteiger partial charge is 0.389 e. The van der Waals surface area contributed by atoms with Crippen LogP contribution in [0.25, 0.3) is 0 Å². The summed E-state index contributed by atoms with van der Waals surface area (Å²) in [4.78, 5) is 0. The fourth-order valence-corrected chi connectivity index (χ4v) is 1.22. The fraction of sp³-hybridized carbons (Fsp3) is 0.667. The van der Waals surface area contributed by atoms with Gasteiger partial charge in [0, 0.05) is 19.3 Å². The Hall–Kier alpha value is -0.580. The summed E-state index contributed by atoms with van der Waals surface area (Å²) in [7, 11) is 0. The third-order valence-corrected chi connectivity index (χ3v) is 2.58. The summed E-state index contributed by atoms with van der Waals surface area (Å²) in [6.45, 7) is 4.43. The van der Waals surface area contributed by atoms with Crippen molar-refractivity contribution in [1.29, 1.82) is 0 Å². The highest BCUT2D eigenvalue weighted by atomic mass is 35.5. The summed E-state index contributed by atoms with van der Waals surface area (Å²) >= 11 is 5.84. The van der Waals surface area contributed by atoms with E-state index in [0.29, 0.717) is 18.0 Å². The van der Waals surface area contributed by atoms with Gasteiger partial charge in [0.15, 0.2) is 0 Å². The lowest BCUT2D eigenvalue weighted by Gasteiger charge is -2.20. The summed E-state index contributed by atoms with van der Waals surface area (Å²) in [5, 5.41) is 14.5. The Bertz CT molecular complexity index is 290. The van der Waals surface area contributed by atoms with Gasteiger partial charge >= 0.3 is 0 Å². The zero-order valence-electron chi connectivity index (χ0n) is 8.50. The van der Waals surface area contributed by atoms with E-state index in [1.54, 1.807) is 17.8 Å². The molecule has 1 aromatic rings. The van der Waals surface area contributed by atoms with E-state index in [1.165, 1.54) is 0 Å². The Morgan fingerprint density at radius 2 is 2.36 bits per heavy atom. The van der Waals surface area contributed by atoms with Gasteiger partial charge in [0.2, 0.25) is 0 Å². The fourth-order valence-electron chi connectivity index (χ4n) is 1.07. The lowest BCUT2D eigenvalue weighted by Crippen LogP contribution is -2.35. The van der Waals surface area contributed by atoms with Crippen LogP contribution >= 0.6 is 11.6 Å². The molecule has 0 amide bonds. The normalized spacial score (nSPS) is 15.5. The molecule has 0 bridgehead atoms. The molecule has 14 heavy (non-hydrogen) atoms. The SMILES string of the molecule is Cc1nn(CCC(C)(O)CN)cc1Cl. The molecule has 0 fully saturated rings. The number of aryl methyl sites for hydroxylation is 2. The number of hydrogen-bond acceptors (Lipinski definition) is 3. The quantitative estimate of drug-likeness (QED) is 0.789. The van der Waals surface area contributed by atoms with Crippen LogP contribution in [0.4, 0.5) is 0 Å². The molecule has 0 saturated heterocycles. The maximum Gasteiger partial charge on any atom is 0.0814 e. The molecule has 80 valence electrons. The third kappa shape index (κ3) is 2.97. The van der Waals surface area contributed by atoms with E-state index in [0.717, 1.165) is 5.69 Å². The van der Waals surface area contributed by atoms with Crippen molar-refractivity contribution in [1.82, 2.24) is 9.78 Å². The van der Waals surface area contributed by atoms with Crippen molar-refractivity contribution in [3.05, 3.63) is 16.9 Å². The average Bonchev–Trinajstić information content (AvgIpc) is 2.44. The molecule has 0 saturated carbocycles. The number of nitrogens with two attached hydrogens (primary N) is 1. The highest BCUT2D eigenvalue weighted by molar-refractivity contribution is 6.31. The average molecular weight is 218 g/mol. The van der Waals surface area contributed by atoms with Gasteiger partial charge in [0.1, 0.15) is 0 Å². The molecule has 0 aromatic carbocycles. The van der Waals surface area contributed by atoms with Crippen molar-refractivity contribution >= 4 is 11.6 Å². The molecule has 0 radical (unpaired) electrons. The molecule has 1 atom stereocenters. The molecular formula is C9H16ClN3O. The monoisotopic (exact) mass is 217 g/mol.